The van der Waals surface area contributed by atoms with E-state index < -0.39 is 15.7 Å². The summed E-state index contributed by atoms with van der Waals surface area (Å²) in [6.07, 6.45) is 1.01. The average molecular weight is 430 g/mol. The molecule has 5 nitrogen and oxygen atoms in total. The highest BCUT2D eigenvalue weighted by Crippen LogP contribution is 2.36. The highest BCUT2D eigenvalue weighted by atomic mass is 32.2. The first-order valence-electron chi connectivity index (χ1n) is 9.30. The lowest BCUT2D eigenvalue weighted by Crippen LogP contribution is -2.49. The van der Waals surface area contributed by atoms with Crippen LogP contribution in [-0.2, 0) is 20.8 Å². The summed E-state index contributed by atoms with van der Waals surface area (Å²) < 4.78 is 28.9. The Bertz CT molecular complexity index is 1300. The molecule has 0 bridgehead atoms. The zero-order chi connectivity index (χ0) is 20.6. The lowest BCUT2D eigenvalue weighted by Gasteiger charge is -2.28. The standard InChI is InChI=1S/C22H23NO4S2/c1-22(13-24,14-27-29(2,25)26)23-12-17-11-16-8-7-15-9-10-28-21(15)20(16)19-6-4-3-5-18(17)19/h3-11,23-24H,12-14H2,1-2H3. The molecule has 1 unspecified atom stereocenters. The summed E-state index contributed by atoms with van der Waals surface area (Å²) in [7, 11) is -3.58. The van der Waals surface area contributed by atoms with Crippen molar-refractivity contribution in [3.8, 4) is 0 Å². The van der Waals surface area contributed by atoms with Crippen molar-refractivity contribution in [1.82, 2.24) is 5.32 Å². The van der Waals surface area contributed by atoms with Gasteiger partial charge in [0.2, 0.25) is 0 Å². The van der Waals surface area contributed by atoms with E-state index in [-0.39, 0.29) is 13.2 Å². The highest BCUT2D eigenvalue weighted by Gasteiger charge is 2.25. The van der Waals surface area contributed by atoms with E-state index in [0.717, 1.165) is 22.6 Å². The largest absolute Gasteiger partial charge is 0.394 e. The van der Waals surface area contributed by atoms with Crippen molar-refractivity contribution in [2.75, 3.05) is 19.5 Å². The Kier molecular flexibility index (Phi) is 5.35. The van der Waals surface area contributed by atoms with Crippen LogP contribution in [0.15, 0.2) is 53.9 Å². The topological polar surface area (TPSA) is 75.6 Å². The second kappa shape index (κ2) is 7.66. The molecular weight excluding hydrogens is 406 g/mol. The Morgan fingerprint density at radius 3 is 2.55 bits per heavy atom. The van der Waals surface area contributed by atoms with Gasteiger partial charge in [-0.15, -0.1) is 11.3 Å². The van der Waals surface area contributed by atoms with Crippen LogP contribution in [0, 0.1) is 0 Å². The normalized spacial score (nSPS) is 14.6. The lowest BCUT2D eigenvalue weighted by atomic mass is 9.95. The molecule has 0 aliphatic carbocycles. The fourth-order valence-electron chi connectivity index (χ4n) is 3.54. The number of fused-ring (bicyclic) bond motifs is 5. The zero-order valence-corrected chi connectivity index (χ0v) is 17.9. The maximum Gasteiger partial charge on any atom is 0.264 e. The molecule has 0 saturated heterocycles. The number of aliphatic hydroxyl groups excluding tert-OH is 1. The predicted molar refractivity (Wildman–Crippen MR) is 120 cm³/mol. The van der Waals surface area contributed by atoms with Crippen LogP contribution in [0.3, 0.4) is 0 Å². The predicted octanol–water partition coefficient (Wildman–Crippen LogP) is 4.02. The third-order valence-corrected chi connectivity index (χ3v) is 6.67. The van der Waals surface area contributed by atoms with E-state index in [1.165, 1.54) is 20.9 Å². The van der Waals surface area contributed by atoms with Crippen molar-refractivity contribution in [3.63, 3.8) is 0 Å². The molecule has 0 amide bonds. The Morgan fingerprint density at radius 1 is 1.10 bits per heavy atom. The monoisotopic (exact) mass is 429 g/mol. The molecule has 7 heteroatoms. The van der Waals surface area contributed by atoms with Crippen molar-refractivity contribution in [1.29, 1.82) is 0 Å². The van der Waals surface area contributed by atoms with Crippen molar-refractivity contribution < 1.29 is 17.7 Å². The molecular formula is C22H23NO4S2. The number of rotatable bonds is 7. The van der Waals surface area contributed by atoms with Crippen LogP contribution < -0.4 is 5.32 Å². The molecule has 2 N–H and O–H groups in total. The SMILES string of the molecule is CC(CO)(COS(C)(=O)=O)NCc1cc2ccc3ccsc3c2c2ccccc12. The fourth-order valence-corrected chi connectivity index (χ4v) is 4.98. The summed E-state index contributed by atoms with van der Waals surface area (Å²) in [5, 5.41) is 21.2. The van der Waals surface area contributed by atoms with Crippen molar-refractivity contribution >= 4 is 53.1 Å². The molecule has 0 aliphatic heterocycles. The molecule has 0 radical (unpaired) electrons. The third-order valence-electron chi connectivity index (χ3n) is 5.17. The number of aliphatic hydroxyl groups is 1. The lowest BCUT2D eigenvalue weighted by molar-refractivity contribution is 0.118. The first-order valence-corrected chi connectivity index (χ1v) is 12.0. The van der Waals surface area contributed by atoms with Gasteiger partial charge in [-0.1, -0.05) is 36.4 Å². The molecule has 1 atom stereocenters. The van der Waals surface area contributed by atoms with Gasteiger partial charge in [0, 0.05) is 16.6 Å². The van der Waals surface area contributed by atoms with E-state index in [1.807, 2.05) is 12.1 Å². The van der Waals surface area contributed by atoms with Gasteiger partial charge < -0.3 is 10.4 Å². The van der Waals surface area contributed by atoms with Crippen LogP contribution in [0.2, 0.25) is 0 Å². The summed E-state index contributed by atoms with van der Waals surface area (Å²) in [5.41, 5.74) is 0.208. The van der Waals surface area contributed by atoms with E-state index in [9.17, 15) is 13.5 Å². The summed E-state index contributed by atoms with van der Waals surface area (Å²) in [6.45, 7) is 1.84. The van der Waals surface area contributed by atoms with E-state index in [2.05, 4.69) is 47.1 Å². The van der Waals surface area contributed by atoms with Gasteiger partial charge in [-0.25, -0.2) is 0 Å². The second-order valence-electron chi connectivity index (χ2n) is 7.62. The first kappa shape index (κ1) is 20.3. The van der Waals surface area contributed by atoms with Gasteiger partial charge in [-0.05, 0) is 51.5 Å². The summed E-state index contributed by atoms with van der Waals surface area (Å²) in [6, 6.07) is 16.9. The van der Waals surface area contributed by atoms with Gasteiger partial charge in [0.1, 0.15) is 0 Å². The minimum atomic E-state index is -3.58. The minimum Gasteiger partial charge on any atom is -0.394 e. The van der Waals surface area contributed by atoms with Crippen LogP contribution in [0.1, 0.15) is 12.5 Å². The van der Waals surface area contributed by atoms with Crippen molar-refractivity contribution in [3.05, 3.63) is 59.5 Å². The van der Waals surface area contributed by atoms with Gasteiger partial charge in [0.15, 0.2) is 0 Å². The van der Waals surface area contributed by atoms with Gasteiger partial charge in [0.05, 0.1) is 25.0 Å². The van der Waals surface area contributed by atoms with Gasteiger partial charge in [0.25, 0.3) is 10.1 Å². The van der Waals surface area contributed by atoms with Gasteiger partial charge in [-0.2, -0.15) is 8.42 Å². The quantitative estimate of drug-likeness (QED) is 0.343. The molecule has 29 heavy (non-hydrogen) atoms. The van der Waals surface area contributed by atoms with Gasteiger partial charge >= 0.3 is 0 Å². The van der Waals surface area contributed by atoms with Crippen LogP contribution in [0.4, 0.5) is 0 Å². The van der Waals surface area contributed by atoms with Gasteiger partial charge in [-0.3, -0.25) is 4.18 Å². The number of nitrogens with one attached hydrogen (secondary N) is 1. The Balaban J connectivity index is 1.74. The molecule has 152 valence electrons. The maximum atomic E-state index is 11.3. The second-order valence-corrected chi connectivity index (χ2v) is 10.2. The molecule has 3 aromatic carbocycles. The van der Waals surface area contributed by atoms with Crippen LogP contribution in [0.25, 0.3) is 31.6 Å². The Labute approximate surface area is 174 Å². The minimum absolute atomic E-state index is 0.135. The number of hydrogen-bond donors (Lipinski definition) is 2. The van der Waals surface area contributed by atoms with E-state index in [4.69, 9.17) is 4.18 Å². The van der Waals surface area contributed by atoms with Crippen LogP contribution >= 0.6 is 11.3 Å². The molecule has 0 aliphatic rings. The first-order chi connectivity index (χ1) is 13.8. The van der Waals surface area contributed by atoms with E-state index >= 15 is 0 Å². The smallest absolute Gasteiger partial charge is 0.264 e. The third kappa shape index (κ3) is 4.15. The zero-order valence-electron chi connectivity index (χ0n) is 16.3. The molecule has 0 saturated carbocycles. The summed E-state index contributed by atoms with van der Waals surface area (Å²) in [4.78, 5) is 0. The van der Waals surface area contributed by atoms with Crippen LogP contribution in [0.5, 0.6) is 0 Å². The molecule has 0 spiro atoms. The number of thiophene rings is 1. The van der Waals surface area contributed by atoms with Crippen molar-refractivity contribution in [2.24, 2.45) is 0 Å². The summed E-state index contributed by atoms with van der Waals surface area (Å²) in [5.74, 6) is 0. The Hall–Kier alpha value is -2.03. The Morgan fingerprint density at radius 2 is 1.83 bits per heavy atom. The van der Waals surface area contributed by atoms with Crippen molar-refractivity contribution in [2.45, 2.75) is 19.0 Å². The molecule has 0 fully saturated rings. The summed E-state index contributed by atoms with van der Waals surface area (Å²) >= 11 is 1.75. The van der Waals surface area contributed by atoms with E-state index in [1.54, 1.807) is 18.3 Å². The fraction of sp³-hybridized carbons (Fsp3) is 0.273. The highest BCUT2D eigenvalue weighted by molar-refractivity contribution is 7.85. The van der Waals surface area contributed by atoms with Crippen LogP contribution in [-0.4, -0.2) is 38.5 Å². The molecule has 1 aromatic heterocycles. The van der Waals surface area contributed by atoms with E-state index in [0.29, 0.717) is 6.54 Å². The number of benzene rings is 3. The molecule has 4 aromatic rings. The maximum absolute atomic E-state index is 11.3. The molecule has 1 heterocycles. The number of hydrogen-bond acceptors (Lipinski definition) is 6. The average Bonchev–Trinajstić information content (AvgIpc) is 3.18. The molecule has 4 rings (SSSR count).